The van der Waals surface area contributed by atoms with E-state index in [1.165, 1.54) is 24.3 Å². The molecule has 1 atom stereocenters. The predicted octanol–water partition coefficient (Wildman–Crippen LogP) is 6.55. The Hall–Kier alpha value is -4.01. The van der Waals surface area contributed by atoms with Gasteiger partial charge in [0.25, 0.3) is 0 Å². The SMILES string of the molecule is CC[C@@H](C(=O)Nc1ccccc1N1CCCN(Cc2ccc(OC(F)(F)F)cc2)C1=O)c1ccccc1. The molecule has 194 valence electrons. The molecule has 3 aromatic carbocycles. The van der Waals surface area contributed by atoms with Gasteiger partial charge in [0, 0.05) is 19.6 Å². The summed E-state index contributed by atoms with van der Waals surface area (Å²) >= 11 is 0. The predicted molar refractivity (Wildman–Crippen MR) is 135 cm³/mol. The highest BCUT2D eigenvalue weighted by atomic mass is 19.4. The van der Waals surface area contributed by atoms with Crippen molar-refractivity contribution in [3.63, 3.8) is 0 Å². The Balaban J connectivity index is 1.48. The summed E-state index contributed by atoms with van der Waals surface area (Å²) in [7, 11) is 0. The molecule has 9 heteroatoms. The highest BCUT2D eigenvalue weighted by Gasteiger charge is 2.31. The highest BCUT2D eigenvalue weighted by Crippen LogP contribution is 2.31. The van der Waals surface area contributed by atoms with Crippen LogP contribution in [0.15, 0.2) is 78.9 Å². The molecule has 0 aromatic heterocycles. The fourth-order valence-corrected chi connectivity index (χ4v) is 4.46. The van der Waals surface area contributed by atoms with Crippen molar-refractivity contribution in [2.24, 2.45) is 0 Å². The number of benzene rings is 3. The van der Waals surface area contributed by atoms with Crippen molar-refractivity contribution < 1.29 is 27.5 Å². The molecular formula is C28H28F3N3O3. The first-order valence-corrected chi connectivity index (χ1v) is 12.1. The molecule has 1 heterocycles. The average molecular weight is 512 g/mol. The number of para-hydroxylation sites is 2. The lowest BCUT2D eigenvalue weighted by molar-refractivity contribution is -0.274. The summed E-state index contributed by atoms with van der Waals surface area (Å²) in [6.45, 7) is 3.19. The second-order valence-corrected chi connectivity index (χ2v) is 8.78. The molecule has 1 fully saturated rings. The van der Waals surface area contributed by atoms with Crippen molar-refractivity contribution in [2.45, 2.75) is 38.6 Å². The molecular weight excluding hydrogens is 483 g/mol. The number of nitrogens with zero attached hydrogens (tertiary/aromatic N) is 2. The third kappa shape index (κ3) is 6.61. The second-order valence-electron chi connectivity index (χ2n) is 8.78. The van der Waals surface area contributed by atoms with E-state index in [0.717, 1.165) is 5.56 Å². The maximum atomic E-state index is 13.4. The van der Waals surface area contributed by atoms with Gasteiger partial charge in [-0.3, -0.25) is 9.69 Å². The van der Waals surface area contributed by atoms with Crippen LogP contribution in [0.5, 0.6) is 5.75 Å². The fraction of sp³-hybridized carbons (Fsp3) is 0.286. The van der Waals surface area contributed by atoms with E-state index in [9.17, 15) is 22.8 Å². The number of urea groups is 1. The maximum absolute atomic E-state index is 13.4. The van der Waals surface area contributed by atoms with Gasteiger partial charge in [-0.2, -0.15) is 0 Å². The number of alkyl halides is 3. The normalized spacial score (nSPS) is 14.9. The maximum Gasteiger partial charge on any atom is 0.573 e. The van der Waals surface area contributed by atoms with E-state index in [1.54, 1.807) is 28.0 Å². The van der Waals surface area contributed by atoms with Crippen molar-refractivity contribution in [3.05, 3.63) is 90.0 Å². The standard InChI is InChI=1S/C28H28F3N3O3/c1-2-23(21-9-4-3-5-10-21)26(35)32-24-11-6-7-12-25(24)34-18-8-17-33(27(34)36)19-20-13-15-22(16-14-20)37-28(29,30)31/h3-7,9-16,23H,2,8,17-19H2,1H3,(H,32,35)/t23-/m1/s1. The van der Waals surface area contributed by atoms with Gasteiger partial charge in [0.15, 0.2) is 0 Å². The Kier molecular flexibility index (Phi) is 8.01. The van der Waals surface area contributed by atoms with E-state index in [4.69, 9.17) is 0 Å². The van der Waals surface area contributed by atoms with Gasteiger partial charge >= 0.3 is 12.4 Å². The van der Waals surface area contributed by atoms with Gasteiger partial charge in [0.1, 0.15) is 5.75 Å². The van der Waals surface area contributed by atoms with Crippen LogP contribution in [-0.2, 0) is 11.3 Å². The molecule has 3 aromatic rings. The minimum atomic E-state index is -4.76. The Morgan fingerprint density at radius 3 is 2.32 bits per heavy atom. The molecule has 0 bridgehead atoms. The van der Waals surface area contributed by atoms with Crippen LogP contribution in [0.25, 0.3) is 0 Å². The Morgan fingerprint density at radius 2 is 1.65 bits per heavy atom. The van der Waals surface area contributed by atoms with Crippen LogP contribution in [0.2, 0.25) is 0 Å². The van der Waals surface area contributed by atoms with Gasteiger partial charge in [-0.1, -0.05) is 61.5 Å². The molecule has 37 heavy (non-hydrogen) atoms. The quantitative estimate of drug-likeness (QED) is 0.373. The molecule has 1 aliphatic heterocycles. The first-order valence-electron chi connectivity index (χ1n) is 12.1. The number of ether oxygens (including phenoxy) is 1. The zero-order chi connectivity index (χ0) is 26.4. The van der Waals surface area contributed by atoms with Crippen LogP contribution < -0.4 is 15.0 Å². The lowest BCUT2D eigenvalue weighted by Crippen LogP contribution is -2.49. The summed E-state index contributed by atoms with van der Waals surface area (Å²) in [6, 6.07) is 22.0. The summed E-state index contributed by atoms with van der Waals surface area (Å²) in [6.07, 6.45) is -3.43. The van der Waals surface area contributed by atoms with Gasteiger partial charge in [-0.25, -0.2) is 4.79 Å². The molecule has 1 saturated heterocycles. The number of carbonyl (C=O) groups excluding carboxylic acids is 2. The number of hydrogen-bond acceptors (Lipinski definition) is 3. The molecule has 0 aliphatic carbocycles. The Labute approximate surface area is 213 Å². The molecule has 3 amide bonds. The first-order chi connectivity index (χ1) is 17.7. The Morgan fingerprint density at radius 1 is 0.973 bits per heavy atom. The van der Waals surface area contributed by atoms with E-state index >= 15 is 0 Å². The van der Waals surface area contributed by atoms with E-state index in [2.05, 4.69) is 10.1 Å². The molecule has 1 N–H and O–H groups in total. The van der Waals surface area contributed by atoms with Gasteiger partial charge in [-0.05, 0) is 48.2 Å². The van der Waals surface area contributed by atoms with Gasteiger partial charge in [0.2, 0.25) is 5.91 Å². The average Bonchev–Trinajstić information content (AvgIpc) is 2.87. The third-order valence-corrected chi connectivity index (χ3v) is 6.22. The number of nitrogens with one attached hydrogen (secondary N) is 1. The zero-order valence-corrected chi connectivity index (χ0v) is 20.4. The first kappa shape index (κ1) is 26.1. The number of hydrogen-bond donors (Lipinski definition) is 1. The van der Waals surface area contributed by atoms with E-state index < -0.39 is 6.36 Å². The van der Waals surface area contributed by atoms with Gasteiger partial charge in [-0.15, -0.1) is 13.2 Å². The van der Waals surface area contributed by atoms with Crippen LogP contribution in [0, 0.1) is 0 Å². The molecule has 0 radical (unpaired) electrons. The minimum Gasteiger partial charge on any atom is -0.406 e. The molecule has 1 aliphatic rings. The third-order valence-electron chi connectivity index (χ3n) is 6.22. The van der Waals surface area contributed by atoms with Crippen molar-refractivity contribution in [2.75, 3.05) is 23.3 Å². The van der Waals surface area contributed by atoms with Crippen molar-refractivity contribution in [3.8, 4) is 5.75 Å². The Bertz CT molecular complexity index is 1220. The molecule has 6 nitrogen and oxygen atoms in total. The monoisotopic (exact) mass is 511 g/mol. The van der Waals surface area contributed by atoms with Crippen molar-refractivity contribution in [1.82, 2.24) is 4.90 Å². The summed E-state index contributed by atoms with van der Waals surface area (Å²) < 4.78 is 41.2. The number of anilines is 2. The summed E-state index contributed by atoms with van der Waals surface area (Å²) in [5.74, 6) is -0.788. The van der Waals surface area contributed by atoms with Gasteiger partial charge < -0.3 is 15.0 Å². The van der Waals surface area contributed by atoms with Crippen LogP contribution in [0.1, 0.15) is 36.8 Å². The fourth-order valence-electron chi connectivity index (χ4n) is 4.46. The number of rotatable bonds is 8. The zero-order valence-electron chi connectivity index (χ0n) is 20.4. The lowest BCUT2D eigenvalue weighted by Gasteiger charge is -2.36. The van der Waals surface area contributed by atoms with Crippen LogP contribution in [-0.4, -0.2) is 36.3 Å². The van der Waals surface area contributed by atoms with E-state index in [1.807, 2.05) is 43.3 Å². The molecule has 0 saturated carbocycles. The molecule has 0 unspecified atom stereocenters. The van der Waals surface area contributed by atoms with Crippen LogP contribution in [0.3, 0.4) is 0 Å². The summed E-state index contributed by atoms with van der Waals surface area (Å²) in [5, 5.41) is 3.01. The smallest absolute Gasteiger partial charge is 0.406 e. The van der Waals surface area contributed by atoms with E-state index in [0.29, 0.717) is 42.9 Å². The number of carbonyl (C=O) groups is 2. The summed E-state index contributed by atoms with van der Waals surface area (Å²) in [5.41, 5.74) is 2.75. The lowest BCUT2D eigenvalue weighted by atomic mass is 9.95. The minimum absolute atomic E-state index is 0.149. The molecule has 4 rings (SSSR count). The van der Waals surface area contributed by atoms with Crippen LogP contribution in [0.4, 0.5) is 29.3 Å². The topological polar surface area (TPSA) is 61.9 Å². The second kappa shape index (κ2) is 11.4. The van der Waals surface area contributed by atoms with Crippen LogP contribution >= 0.6 is 0 Å². The molecule has 0 spiro atoms. The number of amides is 3. The van der Waals surface area contributed by atoms with Crippen molar-refractivity contribution >= 4 is 23.3 Å². The highest BCUT2D eigenvalue weighted by molar-refractivity contribution is 6.02. The largest absolute Gasteiger partial charge is 0.573 e. The number of halogens is 3. The van der Waals surface area contributed by atoms with Crippen molar-refractivity contribution in [1.29, 1.82) is 0 Å². The van der Waals surface area contributed by atoms with E-state index in [-0.39, 0.29) is 30.2 Å². The summed E-state index contributed by atoms with van der Waals surface area (Å²) in [4.78, 5) is 29.8. The van der Waals surface area contributed by atoms with Gasteiger partial charge in [0.05, 0.1) is 17.3 Å².